The van der Waals surface area contributed by atoms with Crippen molar-refractivity contribution in [1.29, 1.82) is 0 Å². The number of nitrogens with one attached hydrogen (secondary N) is 1. The molecular weight excluding hydrogens is 412 g/mol. The number of likely N-dealkylation sites (tertiary alicyclic amines) is 1. The number of anilines is 1. The van der Waals surface area contributed by atoms with Gasteiger partial charge in [0.2, 0.25) is 5.91 Å². The van der Waals surface area contributed by atoms with Crippen molar-refractivity contribution < 1.29 is 18.0 Å². The van der Waals surface area contributed by atoms with Gasteiger partial charge < -0.3 is 5.32 Å². The number of hydrogen-bond donors (Lipinski definition) is 1. The monoisotopic (exact) mass is 430 g/mol. The van der Waals surface area contributed by atoms with Gasteiger partial charge in [0, 0.05) is 23.1 Å². The van der Waals surface area contributed by atoms with Crippen LogP contribution in [-0.4, -0.2) is 23.9 Å². The number of rotatable bonds is 4. The lowest BCUT2D eigenvalue weighted by Gasteiger charge is -2.32. The molecule has 1 aliphatic rings. The van der Waals surface area contributed by atoms with Crippen LogP contribution in [0.25, 0.3) is 0 Å². The number of para-hydroxylation sites is 1. The van der Waals surface area contributed by atoms with Gasteiger partial charge in [-0.05, 0) is 49.2 Å². The molecule has 0 spiro atoms. The zero-order valence-corrected chi connectivity index (χ0v) is 16.4. The van der Waals surface area contributed by atoms with Gasteiger partial charge in [0.25, 0.3) is 0 Å². The molecule has 28 heavy (non-hydrogen) atoms. The van der Waals surface area contributed by atoms with Crippen molar-refractivity contribution in [2.24, 2.45) is 5.92 Å². The average molecular weight is 431 g/mol. The Hall–Kier alpha value is -1.76. The van der Waals surface area contributed by atoms with Gasteiger partial charge in [0.1, 0.15) is 0 Å². The number of carbonyl (C=O) groups excluding carboxylic acids is 1. The lowest BCUT2D eigenvalue weighted by atomic mass is 9.96. The summed E-state index contributed by atoms with van der Waals surface area (Å²) in [5, 5.41) is 3.56. The molecule has 3 rings (SSSR count). The summed E-state index contributed by atoms with van der Waals surface area (Å²) in [5.41, 5.74) is -0.156. The van der Waals surface area contributed by atoms with Crippen molar-refractivity contribution in [3.63, 3.8) is 0 Å². The lowest BCUT2D eigenvalue weighted by Crippen LogP contribution is -2.40. The second-order valence-electron chi connectivity index (χ2n) is 6.84. The SMILES string of the molecule is O=C(Nc1ccccc1C(F)(F)F)C1CCCN(Cc2ccc(Cl)cc2Cl)C1. The third kappa shape index (κ3) is 5.19. The van der Waals surface area contributed by atoms with Crippen molar-refractivity contribution in [1.82, 2.24) is 4.90 Å². The van der Waals surface area contributed by atoms with Crippen LogP contribution in [0.4, 0.5) is 18.9 Å². The maximum atomic E-state index is 13.1. The van der Waals surface area contributed by atoms with Crippen LogP contribution in [0.5, 0.6) is 0 Å². The zero-order chi connectivity index (χ0) is 20.3. The number of benzene rings is 2. The highest BCUT2D eigenvalue weighted by Gasteiger charge is 2.34. The third-order valence-corrected chi connectivity index (χ3v) is 5.36. The quantitative estimate of drug-likeness (QED) is 0.658. The second-order valence-corrected chi connectivity index (χ2v) is 7.69. The Morgan fingerprint density at radius 3 is 2.64 bits per heavy atom. The van der Waals surface area contributed by atoms with Crippen molar-refractivity contribution in [2.45, 2.75) is 25.6 Å². The summed E-state index contributed by atoms with van der Waals surface area (Å²) in [6, 6.07) is 10.3. The summed E-state index contributed by atoms with van der Waals surface area (Å²) < 4.78 is 39.4. The predicted octanol–water partition coefficient (Wildman–Crippen LogP) is 5.86. The summed E-state index contributed by atoms with van der Waals surface area (Å²) in [5.74, 6) is -0.787. The lowest BCUT2D eigenvalue weighted by molar-refractivity contribution is -0.137. The number of hydrogen-bond acceptors (Lipinski definition) is 2. The van der Waals surface area contributed by atoms with E-state index in [4.69, 9.17) is 23.2 Å². The van der Waals surface area contributed by atoms with E-state index in [1.165, 1.54) is 18.2 Å². The second kappa shape index (κ2) is 8.72. The number of carbonyl (C=O) groups is 1. The molecule has 3 nitrogen and oxygen atoms in total. The Morgan fingerprint density at radius 1 is 1.18 bits per heavy atom. The van der Waals surface area contributed by atoms with Crippen molar-refractivity contribution in [2.75, 3.05) is 18.4 Å². The first-order valence-electron chi connectivity index (χ1n) is 8.87. The Bertz CT molecular complexity index is 858. The van der Waals surface area contributed by atoms with Crippen LogP contribution in [0.1, 0.15) is 24.0 Å². The minimum absolute atomic E-state index is 0.210. The van der Waals surface area contributed by atoms with Crippen LogP contribution in [0.15, 0.2) is 42.5 Å². The Morgan fingerprint density at radius 2 is 1.93 bits per heavy atom. The molecule has 0 aliphatic carbocycles. The highest BCUT2D eigenvalue weighted by Crippen LogP contribution is 2.35. The van der Waals surface area contributed by atoms with Crippen LogP contribution in [0.3, 0.4) is 0 Å². The largest absolute Gasteiger partial charge is 0.418 e. The summed E-state index contributed by atoms with van der Waals surface area (Å²) in [7, 11) is 0. The van der Waals surface area contributed by atoms with E-state index in [1.54, 1.807) is 12.1 Å². The van der Waals surface area contributed by atoms with Gasteiger partial charge >= 0.3 is 6.18 Å². The highest BCUT2D eigenvalue weighted by atomic mass is 35.5. The molecule has 2 aromatic rings. The van der Waals surface area contributed by atoms with E-state index in [0.29, 0.717) is 29.6 Å². The van der Waals surface area contributed by atoms with Crippen LogP contribution in [0.2, 0.25) is 10.0 Å². The molecule has 1 aliphatic heterocycles. The first-order chi connectivity index (χ1) is 13.2. The highest BCUT2D eigenvalue weighted by molar-refractivity contribution is 6.35. The molecule has 1 saturated heterocycles. The summed E-state index contributed by atoms with van der Waals surface area (Å²) in [6.07, 6.45) is -3.11. The van der Waals surface area contributed by atoms with Crippen LogP contribution in [-0.2, 0) is 17.5 Å². The fraction of sp³-hybridized carbons (Fsp3) is 0.350. The zero-order valence-electron chi connectivity index (χ0n) is 14.9. The van der Waals surface area contributed by atoms with E-state index in [0.717, 1.165) is 24.6 Å². The molecule has 1 amide bonds. The minimum Gasteiger partial charge on any atom is -0.325 e. The van der Waals surface area contributed by atoms with E-state index in [-0.39, 0.29) is 11.6 Å². The topological polar surface area (TPSA) is 32.3 Å². The number of piperidine rings is 1. The number of amides is 1. The van der Waals surface area contributed by atoms with E-state index < -0.39 is 17.6 Å². The molecule has 0 bridgehead atoms. The molecule has 0 aromatic heterocycles. The molecule has 1 atom stereocenters. The molecule has 1 fully saturated rings. The molecule has 8 heteroatoms. The van der Waals surface area contributed by atoms with E-state index >= 15 is 0 Å². The fourth-order valence-electron chi connectivity index (χ4n) is 3.38. The summed E-state index contributed by atoms with van der Waals surface area (Å²) >= 11 is 12.1. The minimum atomic E-state index is -4.52. The molecule has 150 valence electrons. The van der Waals surface area contributed by atoms with Gasteiger partial charge in [0.05, 0.1) is 17.2 Å². The molecular formula is C20H19Cl2F3N2O. The molecule has 2 aromatic carbocycles. The Labute approximate surface area is 171 Å². The summed E-state index contributed by atoms with van der Waals surface area (Å²) in [4.78, 5) is 14.7. The van der Waals surface area contributed by atoms with Crippen molar-refractivity contribution in [3.05, 3.63) is 63.6 Å². The molecule has 1 N–H and O–H groups in total. The maximum absolute atomic E-state index is 13.1. The smallest absolute Gasteiger partial charge is 0.325 e. The Balaban J connectivity index is 1.67. The molecule has 0 saturated carbocycles. The molecule has 0 radical (unpaired) electrons. The van der Waals surface area contributed by atoms with Gasteiger partial charge in [-0.2, -0.15) is 13.2 Å². The van der Waals surface area contributed by atoms with Crippen molar-refractivity contribution >= 4 is 34.8 Å². The van der Waals surface area contributed by atoms with Gasteiger partial charge in [-0.1, -0.05) is 41.4 Å². The van der Waals surface area contributed by atoms with Gasteiger partial charge in [-0.15, -0.1) is 0 Å². The first-order valence-corrected chi connectivity index (χ1v) is 9.63. The van der Waals surface area contributed by atoms with Crippen LogP contribution < -0.4 is 5.32 Å². The average Bonchev–Trinajstić information content (AvgIpc) is 2.64. The predicted molar refractivity (Wildman–Crippen MR) is 105 cm³/mol. The standard InChI is InChI=1S/C20H19Cl2F3N2O/c21-15-8-7-13(17(22)10-15)11-27-9-3-4-14(12-27)19(28)26-18-6-2-1-5-16(18)20(23,24)25/h1-2,5-8,10,14H,3-4,9,11-12H2,(H,26,28). The molecule has 1 heterocycles. The number of nitrogens with zero attached hydrogens (tertiary/aromatic N) is 1. The third-order valence-electron chi connectivity index (χ3n) is 4.78. The summed E-state index contributed by atoms with van der Waals surface area (Å²) in [6.45, 7) is 1.81. The van der Waals surface area contributed by atoms with Crippen LogP contribution in [0, 0.1) is 5.92 Å². The van der Waals surface area contributed by atoms with E-state index in [2.05, 4.69) is 10.2 Å². The molecule has 1 unspecified atom stereocenters. The van der Waals surface area contributed by atoms with Crippen LogP contribution >= 0.6 is 23.2 Å². The van der Waals surface area contributed by atoms with Gasteiger partial charge in [-0.3, -0.25) is 9.69 Å². The van der Waals surface area contributed by atoms with E-state index in [9.17, 15) is 18.0 Å². The fourth-order valence-corrected chi connectivity index (χ4v) is 3.85. The maximum Gasteiger partial charge on any atom is 0.418 e. The normalized spacial score (nSPS) is 18.1. The Kier molecular flexibility index (Phi) is 6.53. The van der Waals surface area contributed by atoms with E-state index in [1.807, 2.05) is 6.07 Å². The van der Waals surface area contributed by atoms with Gasteiger partial charge in [-0.25, -0.2) is 0 Å². The first kappa shape index (κ1) is 21.0. The van der Waals surface area contributed by atoms with Gasteiger partial charge in [0.15, 0.2) is 0 Å². The van der Waals surface area contributed by atoms with Crippen molar-refractivity contribution in [3.8, 4) is 0 Å². The number of alkyl halides is 3. The number of halogens is 5.